The highest BCUT2D eigenvalue weighted by Gasteiger charge is 2.32. The summed E-state index contributed by atoms with van der Waals surface area (Å²) in [5.74, 6) is 0.223. The molecular weight excluding hydrogens is 489 g/mol. The lowest BCUT2D eigenvalue weighted by Crippen LogP contribution is -2.37. The molecule has 4 rings (SSSR count). The maximum Gasteiger partial charge on any atom is 0.405 e. The molecule has 37 heavy (non-hydrogen) atoms. The molecule has 4 N–H and O–H groups in total. The van der Waals surface area contributed by atoms with Crippen LogP contribution < -0.4 is 25.6 Å². The van der Waals surface area contributed by atoms with Crippen LogP contribution in [0.15, 0.2) is 42.7 Å². The quantitative estimate of drug-likeness (QED) is 0.388. The number of alkyl halides is 3. The highest BCUT2D eigenvalue weighted by molar-refractivity contribution is 6.46. The van der Waals surface area contributed by atoms with E-state index in [4.69, 9.17) is 14.9 Å². The van der Waals surface area contributed by atoms with Gasteiger partial charge in [0, 0.05) is 55.3 Å². The predicted molar refractivity (Wildman–Crippen MR) is 136 cm³/mol. The minimum absolute atomic E-state index is 0.0444. The fraction of sp³-hybridized carbons (Fsp3) is 0.400. The van der Waals surface area contributed by atoms with Crippen molar-refractivity contribution in [3.8, 4) is 5.75 Å². The molecule has 198 valence electrons. The van der Waals surface area contributed by atoms with Crippen LogP contribution in [0.2, 0.25) is 0 Å². The van der Waals surface area contributed by atoms with E-state index in [1.807, 2.05) is 26.0 Å². The normalized spacial score (nSPS) is 16.7. The molecule has 0 spiro atoms. The van der Waals surface area contributed by atoms with Crippen LogP contribution in [0, 0.1) is 5.41 Å². The number of pyridine rings is 1. The predicted octanol–water partition coefficient (Wildman–Crippen LogP) is 4.19. The molecule has 1 aromatic carbocycles. The van der Waals surface area contributed by atoms with Crippen molar-refractivity contribution in [2.24, 2.45) is 0 Å². The first kappa shape index (κ1) is 26.3. The third-order valence-corrected chi connectivity index (χ3v) is 5.76. The molecule has 12 heteroatoms. The average Bonchev–Trinajstić information content (AvgIpc) is 3.15. The number of halogens is 3. The number of nitrogens with one attached hydrogen (secondary N) is 4. The van der Waals surface area contributed by atoms with Gasteiger partial charge >= 0.3 is 6.18 Å². The fourth-order valence-electron chi connectivity index (χ4n) is 4.10. The topological polar surface area (TPSA) is 112 Å². The van der Waals surface area contributed by atoms with E-state index in [-0.39, 0.29) is 17.1 Å². The molecule has 0 aliphatic carbocycles. The number of aromatic nitrogens is 1. The maximum atomic E-state index is 12.8. The van der Waals surface area contributed by atoms with Crippen molar-refractivity contribution >= 4 is 34.5 Å². The summed E-state index contributed by atoms with van der Waals surface area (Å²) in [6, 6.07) is 6.77. The van der Waals surface area contributed by atoms with Crippen molar-refractivity contribution in [2.75, 3.05) is 53.7 Å². The van der Waals surface area contributed by atoms with Crippen LogP contribution in [0.5, 0.6) is 5.75 Å². The van der Waals surface area contributed by atoms with Gasteiger partial charge in [-0.25, -0.2) is 4.98 Å². The van der Waals surface area contributed by atoms with Crippen LogP contribution in [0.4, 0.5) is 36.1 Å². The van der Waals surface area contributed by atoms with E-state index in [1.54, 1.807) is 6.07 Å². The molecule has 0 atom stereocenters. The lowest BCUT2D eigenvalue weighted by molar-refractivity contribution is -0.115. The number of ether oxygens (including phenoxy) is 2. The van der Waals surface area contributed by atoms with Crippen molar-refractivity contribution in [3.05, 3.63) is 48.3 Å². The van der Waals surface area contributed by atoms with E-state index < -0.39 is 18.6 Å². The van der Waals surface area contributed by atoms with E-state index in [0.29, 0.717) is 44.1 Å². The van der Waals surface area contributed by atoms with Crippen LogP contribution in [0.3, 0.4) is 0 Å². The van der Waals surface area contributed by atoms with Gasteiger partial charge in [0.1, 0.15) is 29.4 Å². The number of benzene rings is 1. The van der Waals surface area contributed by atoms with Gasteiger partial charge in [-0.15, -0.1) is 0 Å². The van der Waals surface area contributed by atoms with E-state index in [0.717, 1.165) is 17.0 Å². The van der Waals surface area contributed by atoms with Crippen molar-refractivity contribution in [3.63, 3.8) is 0 Å². The highest BCUT2D eigenvalue weighted by Crippen LogP contribution is 2.41. The Morgan fingerprint density at radius 1 is 1.24 bits per heavy atom. The van der Waals surface area contributed by atoms with Gasteiger partial charge in [0.15, 0.2) is 0 Å². The summed E-state index contributed by atoms with van der Waals surface area (Å²) in [4.78, 5) is 18.8. The Bertz CT molecular complexity index is 1190. The summed E-state index contributed by atoms with van der Waals surface area (Å²) in [6.07, 6.45) is 0.316. The SMILES string of the molecule is CC1(C)Cc2cc(NC(=O)C(=N)/C=C\Nc3ccnc(NCC(F)(F)F)c3)c(N3CCOCC3)cc2O1. The monoisotopic (exact) mass is 518 g/mol. The third-order valence-electron chi connectivity index (χ3n) is 5.76. The van der Waals surface area contributed by atoms with Crippen LogP contribution in [-0.4, -0.2) is 61.2 Å². The van der Waals surface area contributed by atoms with Gasteiger partial charge < -0.3 is 30.3 Å². The smallest absolute Gasteiger partial charge is 0.405 e. The summed E-state index contributed by atoms with van der Waals surface area (Å²) in [6.45, 7) is 5.28. The van der Waals surface area contributed by atoms with E-state index in [1.165, 1.54) is 24.5 Å². The Hall–Kier alpha value is -3.80. The van der Waals surface area contributed by atoms with Gasteiger partial charge in [0.25, 0.3) is 5.91 Å². The Labute approximate surface area is 212 Å². The molecule has 2 aliphatic heterocycles. The van der Waals surface area contributed by atoms with Gasteiger partial charge in [-0.05, 0) is 32.1 Å². The van der Waals surface area contributed by atoms with Gasteiger partial charge in [0.05, 0.1) is 24.6 Å². The van der Waals surface area contributed by atoms with Gasteiger partial charge in [-0.1, -0.05) is 0 Å². The zero-order valence-corrected chi connectivity index (χ0v) is 20.5. The Morgan fingerprint density at radius 2 is 2.00 bits per heavy atom. The van der Waals surface area contributed by atoms with Gasteiger partial charge in [-0.3, -0.25) is 10.2 Å². The lowest BCUT2D eigenvalue weighted by Gasteiger charge is -2.31. The average molecular weight is 519 g/mol. The first-order valence-electron chi connectivity index (χ1n) is 11.8. The lowest BCUT2D eigenvalue weighted by atomic mass is 10.0. The van der Waals surface area contributed by atoms with Crippen LogP contribution in [0.1, 0.15) is 19.4 Å². The zero-order chi connectivity index (χ0) is 26.6. The highest BCUT2D eigenvalue weighted by atomic mass is 19.4. The molecule has 0 radical (unpaired) electrons. The Balaban J connectivity index is 1.42. The molecule has 1 fully saturated rings. The number of amides is 1. The number of nitrogens with zero attached hydrogens (tertiary/aromatic N) is 2. The zero-order valence-electron chi connectivity index (χ0n) is 20.5. The summed E-state index contributed by atoms with van der Waals surface area (Å²) < 4.78 is 48.7. The molecule has 2 aliphatic rings. The number of hydrogen-bond acceptors (Lipinski definition) is 8. The molecule has 1 aromatic heterocycles. The summed E-state index contributed by atoms with van der Waals surface area (Å²) in [5.41, 5.74) is 2.17. The summed E-state index contributed by atoms with van der Waals surface area (Å²) in [5, 5.41) is 16.1. The largest absolute Gasteiger partial charge is 0.487 e. The standard InChI is InChI=1S/C25H29F3N6O3/c1-24(2)14-16-11-19(20(13-21(16)37-24)34-7-9-36-10-8-34)33-23(35)18(29)4-6-30-17-3-5-31-22(12-17)32-15-25(26,27)28/h3-6,11-13,29H,7-10,14-15H2,1-2H3,(H,33,35)(H2,30,31,32)/b6-4-,29-18?. The molecule has 1 saturated heterocycles. The number of morpholine rings is 1. The number of anilines is 4. The molecule has 2 aromatic rings. The molecule has 9 nitrogen and oxygen atoms in total. The molecule has 3 heterocycles. The number of fused-ring (bicyclic) bond motifs is 1. The molecule has 0 saturated carbocycles. The second-order valence-corrected chi connectivity index (χ2v) is 9.36. The van der Waals surface area contributed by atoms with Crippen LogP contribution in [0.25, 0.3) is 0 Å². The Morgan fingerprint density at radius 3 is 2.73 bits per heavy atom. The van der Waals surface area contributed by atoms with E-state index >= 15 is 0 Å². The van der Waals surface area contributed by atoms with E-state index in [2.05, 4.69) is 25.8 Å². The minimum Gasteiger partial charge on any atom is -0.487 e. The minimum atomic E-state index is -4.36. The fourth-order valence-corrected chi connectivity index (χ4v) is 4.10. The van der Waals surface area contributed by atoms with Crippen molar-refractivity contribution < 1.29 is 27.4 Å². The number of carbonyl (C=O) groups excluding carboxylic acids is 1. The number of rotatable bonds is 8. The summed E-state index contributed by atoms with van der Waals surface area (Å²) in [7, 11) is 0. The van der Waals surface area contributed by atoms with Gasteiger partial charge in [0.2, 0.25) is 0 Å². The number of carbonyl (C=O) groups is 1. The Kier molecular flexibility index (Phi) is 7.58. The maximum absolute atomic E-state index is 12.8. The van der Waals surface area contributed by atoms with Gasteiger partial charge in [-0.2, -0.15) is 13.2 Å². The number of hydrogen-bond donors (Lipinski definition) is 4. The molecular formula is C25H29F3N6O3. The summed E-state index contributed by atoms with van der Waals surface area (Å²) >= 11 is 0. The van der Waals surface area contributed by atoms with E-state index in [9.17, 15) is 18.0 Å². The molecule has 1 amide bonds. The van der Waals surface area contributed by atoms with Crippen LogP contribution in [-0.2, 0) is 16.0 Å². The second-order valence-electron chi connectivity index (χ2n) is 9.36. The van der Waals surface area contributed by atoms with Crippen molar-refractivity contribution in [2.45, 2.75) is 32.0 Å². The molecule has 0 unspecified atom stereocenters. The first-order valence-corrected chi connectivity index (χ1v) is 11.8. The van der Waals surface area contributed by atoms with Crippen molar-refractivity contribution in [1.29, 1.82) is 5.41 Å². The molecule has 0 bridgehead atoms. The third kappa shape index (κ3) is 7.13. The second kappa shape index (κ2) is 10.7. The van der Waals surface area contributed by atoms with Crippen LogP contribution >= 0.6 is 0 Å². The van der Waals surface area contributed by atoms with Crippen molar-refractivity contribution in [1.82, 2.24) is 4.98 Å². The first-order chi connectivity index (χ1) is 17.5.